The van der Waals surface area contributed by atoms with Gasteiger partial charge in [0.15, 0.2) is 0 Å². The molecule has 0 bridgehead atoms. The van der Waals surface area contributed by atoms with Crippen LogP contribution in [0.4, 0.5) is 5.69 Å². The van der Waals surface area contributed by atoms with Crippen LogP contribution in [0.3, 0.4) is 0 Å². The van der Waals surface area contributed by atoms with E-state index in [1.54, 1.807) is 0 Å². The highest BCUT2D eigenvalue weighted by Crippen LogP contribution is 2.44. The third-order valence-electron chi connectivity index (χ3n) is 5.39. The van der Waals surface area contributed by atoms with Gasteiger partial charge < -0.3 is 4.90 Å². The van der Waals surface area contributed by atoms with E-state index in [1.165, 1.54) is 16.8 Å². The fraction of sp³-hybridized carbons (Fsp3) is 0.182. The van der Waals surface area contributed by atoms with Crippen LogP contribution < -0.4 is 4.90 Å². The summed E-state index contributed by atoms with van der Waals surface area (Å²) in [6.45, 7) is 0.944. The zero-order valence-electron chi connectivity index (χ0n) is 14.7. The molecular weight excluding hydrogens is 320 g/mol. The van der Waals surface area contributed by atoms with Gasteiger partial charge in [-0.25, -0.2) is 4.68 Å². The second-order valence-electron chi connectivity index (χ2n) is 6.92. The fourth-order valence-corrected chi connectivity index (χ4v) is 4.18. The molecule has 0 fully saturated rings. The summed E-state index contributed by atoms with van der Waals surface area (Å²) in [6.07, 6.45) is 0. The molecule has 5 rings (SSSR count). The molecule has 4 aromatic rings. The molecule has 26 heavy (non-hydrogen) atoms. The van der Waals surface area contributed by atoms with Crippen molar-refractivity contribution in [3.63, 3.8) is 0 Å². The van der Waals surface area contributed by atoms with Crippen LogP contribution in [0.1, 0.15) is 23.1 Å². The molecule has 1 aliphatic heterocycles. The van der Waals surface area contributed by atoms with E-state index >= 15 is 0 Å². The third kappa shape index (κ3) is 2.30. The van der Waals surface area contributed by atoms with Crippen LogP contribution in [0.15, 0.2) is 78.9 Å². The first-order valence-corrected chi connectivity index (χ1v) is 8.98. The molecular formula is C22H20N4. The summed E-state index contributed by atoms with van der Waals surface area (Å²) in [5.41, 5.74) is 5.92. The molecule has 0 aliphatic carbocycles. The van der Waals surface area contributed by atoms with Gasteiger partial charge >= 0.3 is 0 Å². The Bertz CT molecular complexity index is 1050. The second-order valence-corrected chi connectivity index (χ2v) is 6.92. The molecule has 1 aromatic heterocycles. The maximum absolute atomic E-state index is 4.57. The lowest BCUT2D eigenvalue weighted by molar-refractivity contribution is 0.421. The molecule has 0 radical (unpaired) electrons. The lowest BCUT2D eigenvalue weighted by Crippen LogP contribution is -2.37. The molecule has 0 amide bonds. The van der Waals surface area contributed by atoms with E-state index in [0.29, 0.717) is 5.92 Å². The van der Waals surface area contributed by atoms with Gasteiger partial charge in [0.05, 0.1) is 11.6 Å². The van der Waals surface area contributed by atoms with Crippen molar-refractivity contribution in [1.82, 2.24) is 15.0 Å². The number of rotatable bonds is 2. The van der Waals surface area contributed by atoms with Crippen molar-refractivity contribution < 1.29 is 0 Å². The molecule has 1 aliphatic rings. The number of likely N-dealkylation sites (N-methyl/N-ethyl adjacent to an activating group) is 1. The first kappa shape index (κ1) is 15.1. The van der Waals surface area contributed by atoms with Crippen molar-refractivity contribution >= 4 is 16.7 Å². The van der Waals surface area contributed by atoms with E-state index in [9.17, 15) is 0 Å². The normalized spacial score (nSPS) is 19.5. The van der Waals surface area contributed by atoms with Crippen molar-refractivity contribution in [2.45, 2.75) is 12.0 Å². The summed E-state index contributed by atoms with van der Waals surface area (Å²) in [7, 11) is 2.17. The zero-order valence-corrected chi connectivity index (χ0v) is 14.7. The Balaban J connectivity index is 1.75. The molecule has 2 unspecified atom stereocenters. The minimum atomic E-state index is 0.122. The van der Waals surface area contributed by atoms with Crippen molar-refractivity contribution in [2.24, 2.45) is 0 Å². The lowest BCUT2D eigenvalue weighted by Gasteiger charge is -2.39. The van der Waals surface area contributed by atoms with E-state index in [2.05, 4.69) is 93.7 Å². The lowest BCUT2D eigenvalue weighted by atomic mass is 9.82. The Morgan fingerprint density at radius 1 is 0.846 bits per heavy atom. The molecule has 2 atom stereocenters. The van der Waals surface area contributed by atoms with Gasteiger partial charge in [-0.1, -0.05) is 65.9 Å². The highest BCUT2D eigenvalue weighted by Gasteiger charge is 2.35. The van der Waals surface area contributed by atoms with Gasteiger partial charge in [-0.15, -0.1) is 5.10 Å². The first-order chi connectivity index (χ1) is 12.8. The summed E-state index contributed by atoms with van der Waals surface area (Å²) in [5.74, 6) is 0.307. The Kier molecular flexibility index (Phi) is 3.49. The summed E-state index contributed by atoms with van der Waals surface area (Å²) in [5, 5.41) is 8.98. The van der Waals surface area contributed by atoms with Crippen LogP contribution in [-0.2, 0) is 0 Å². The summed E-state index contributed by atoms with van der Waals surface area (Å²) in [6, 6.07) is 27.7. The predicted octanol–water partition coefficient (Wildman–Crippen LogP) is 4.25. The zero-order chi connectivity index (χ0) is 17.5. The maximum atomic E-state index is 4.57. The predicted molar refractivity (Wildman–Crippen MR) is 105 cm³/mol. The number of aromatic nitrogens is 3. The number of fused-ring (bicyclic) bond motifs is 2. The highest BCUT2D eigenvalue weighted by atomic mass is 15.4. The molecule has 3 aromatic carbocycles. The number of hydrogen-bond acceptors (Lipinski definition) is 3. The third-order valence-corrected chi connectivity index (χ3v) is 5.39. The summed E-state index contributed by atoms with van der Waals surface area (Å²) < 4.78 is 2.11. The van der Waals surface area contributed by atoms with Gasteiger partial charge in [-0.05, 0) is 23.8 Å². The molecule has 0 saturated heterocycles. The monoisotopic (exact) mass is 340 g/mol. The summed E-state index contributed by atoms with van der Waals surface area (Å²) >= 11 is 0. The van der Waals surface area contributed by atoms with E-state index < -0.39 is 0 Å². The average molecular weight is 340 g/mol. The van der Waals surface area contributed by atoms with Gasteiger partial charge in [0.1, 0.15) is 5.52 Å². The highest BCUT2D eigenvalue weighted by molar-refractivity contribution is 5.74. The molecule has 4 nitrogen and oxygen atoms in total. The molecule has 128 valence electrons. The van der Waals surface area contributed by atoms with Crippen LogP contribution in [0.5, 0.6) is 0 Å². The van der Waals surface area contributed by atoms with Gasteiger partial charge in [-0.3, -0.25) is 0 Å². The van der Waals surface area contributed by atoms with Crippen molar-refractivity contribution in [1.29, 1.82) is 0 Å². The van der Waals surface area contributed by atoms with Gasteiger partial charge in [-0.2, -0.15) is 0 Å². The van der Waals surface area contributed by atoms with E-state index in [-0.39, 0.29) is 6.04 Å². The van der Waals surface area contributed by atoms with Crippen molar-refractivity contribution in [3.8, 4) is 0 Å². The fourth-order valence-electron chi connectivity index (χ4n) is 4.18. The van der Waals surface area contributed by atoms with Crippen molar-refractivity contribution in [2.75, 3.05) is 18.5 Å². The molecule has 0 spiro atoms. The number of nitrogens with zero attached hydrogens (tertiary/aromatic N) is 4. The minimum absolute atomic E-state index is 0.122. The van der Waals surface area contributed by atoms with Crippen LogP contribution >= 0.6 is 0 Å². The Morgan fingerprint density at radius 3 is 2.46 bits per heavy atom. The Labute approximate surface area is 152 Å². The van der Waals surface area contributed by atoms with Crippen LogP contribution in [0.2, 0.25) is 0 Å². The number of benzene rings is 3. The van der Waals surface area contributed by atoms with E-state index in [0.717, 1.165) is 17.6 Å². The van der Waals surface area contributed by atoms with Gasteiger partial charge in [0.25, 0.3) is 0 Å². The number of para-hydroxylation sites is 2. The van der Waals surface area contributed by atoms with Gasteiger partial charge in [0, 0.05) is 30.8 Å². The van der Waals surface area contributed by atoms with Crippen LogP contribution in [0, 0.1) is 0 Å². The van der Waals surface area contributed by atoms with E-state index in [1.807, 2.05) is 12.1 Å². The molecule has 2 heterocycles. The smallest absolute Gasteiger partial charge is 0.113 e. The quantitative estimate of drug-likeness (QED) is 0.547. The SMILES string of the molecule is CN1CC(c2ccccc2)C(n2nnc3ccccc32)c2ccccc21. The van der Waals surface area contributed by atoms with Crippen LogP contribution in [0.25, 0.3) is 11.0 Å². The standard InChI is InChI=1S/C22H20N4/c1-25-15-18(16-9-3-2-4-10-16)22(17-11-5-7-13-20(17)25)26-21-14-8-6-12-19(21)23-24-26/h2-14,18,22H,15H2,1H3. The molecule has 0 N–H and O–H groups in total. The largest absolute Gasteiger partial charge is 0.374 e. The maximum Gasteiger partial charge on any atom is 0.113 e. The minimum Gasteiger partial charge on any atom is -0.374 e. The Hall–Kier alpha value is -3.14. The van der Waals surface area contributed by atoms with E-state index in [4.69, 9.17) is 0 Å². The Morgan fingerprint density at radius 2 is 1.58 bits per heavy atom. The molecule has 0 saturated carbocycles. The molecule has 4 heteroatoms. The summed E-state index contributed by atoms with van der Waals surface area (Å²) in [4.78, 5) is 2.35. The number of hydrogen-bond donors (Lipinski definition) is 0. The first-order valence-electron chi connectivity index (χ1n) is 8.98. The van der Waals surface area contributed by atoms with Crippen LogP contribution in [-0.4, -0.2) is 28.6 Å². The topological polar surface area (TPSA) is 34.0 Å². The average Bonchev–Trinajstić information content (AvgIpc) is 3.12. The number of anilines is 1. The van der Waals surface area contributed by atoms with Gasteiger partial charge in [0.2, 0.25) is 0 Å². The second kappa shape index (κ2) is 5.99. The van der Waals surface area contributed by atoms with Crippen molar-refractivity contribution in [3.05, 3.63) is 90.0 Å².